The molecule has 2 aromatic rings. The lowest BCUT2D eigenvalue weighted by atomic mass is 10.0. The quantitative estimate of drug-likeness (QED) is 0.120. The monoisotopic (exact) mass is 586 g/mol. The molecule has 0 aromatic heterocycles. The molecule has 0 heterocycles. The van der Waals surface area contributed by atoms with E-state index < -0.39 is 0 Å². The molecule has 0 fully saturated rings. The van der Waals surface area contributed by atoms with Gasteiger partial charge in [0, 0.05) is 35.6 Å². The Labute approximate surface area is 266 Å². The summed E-state index contributed by atoms with van der Waals surface area (Å²) >= 11 is 0. The van der Waals surface area contributed by atoms with Crippen LogP contribution in [0, 0.1) is 27.7 Å². The second kappa shape index (κ2) is 23.4. The lowest BCUT2D eigenvalue weighted by molar-refractivity contribution is 0.315. The van der Waals surface area contributed by atoms with Crippen LogP contribution in [0.2, 0.25) is 0 Å². The van der Waals surface area contributed by atoms with Crippen LogP contribution in [0.5, 0.6) is 0 Å². The molecule has 3 heteroatoms. The average molecular weight is 586 g/mol. The molecule has 0 radical (unpaired) electrons. The molecular formula is C40H63N3. The number of nitrogens with one attached hydrogen (secondary N) is 2. The van der Waals surface area contributed by atoms with Crippen LogP contribution >= 0.6 is 0 Å². The van der Waals surface area contributed by atoms with Gasteiger partial charge in [-0.05, 0) is 96.8 Å². The highest BCUT2D eigenvalue weighted by Gasteiger charge is 2.06. The van der Waals surface area contributed by atoms with Gasteiger partial charge in [0.25, 0.3) is 0 Å². The van der Waals surface area contributed by atoms with Crippen LogP contribution < -0.4 is 10.6 Å². The van der Waals surface area contributed by atoms with Crippen molar-refractivity contribution in [2.24, 2.45) is 0 Å². The molecule has 0 amide bonds. The van der Waals surface area contributed by atoms with E-state index in [1.807, 2.05) is 12.2 Å². The number of allylic oxidation sites excluding steroid dienone is 4. The summed E-state index contributed by atoms with van der Waals surface area (Å²) in [5.41, 5.74) is 10.1. The van der Waals surface area contributed by atoms with Gasteiger partial charge >= 0.3 is 0 Å². The van der Waals surface area contributed by atoms with E-state index in [1.165, 1.54) is 116 Å². The highest BCUT2D eigenvalue weighted by Crippen LogP contribution is 2.20. The predicted octanol–water partition coefficient (Wildman–Crippen LogP) is 10.3. The van der Waals surface area contributed by atoms with Crippen molar-refractivity contribution in [1.29, 1.82) is 0 Å². The minimum Gasteiger partial charge on any atom is -0.385 e. The van der Waals surface area contributed by atoms with Crippen molar-refractivity contribution in [3.8, 4) is 0 Å². The molecule has 2 aromatic carbocycles. The third kappa shape index (κ3) is 16.4. The lowest BCUT2D eigenvalue weighted by Crippen LogP contribution is -2.21. The molecule has 0 spiro atoms. The highest BCUT2D eigenvalue weighted by atomic mass is 15.1. The molecule has 0 saturated heterocycles. The molecule has 0 aliphatic carbocycles. The summed E-state index contributed by atoms with van der Waals surface area (Å²) in [7, 11) is 2.27. The van der Waals surface area contributed by atoms with Crippen LogP contribution in [0.1, 0.15) is 105 Å². The zero-order valence-corrected chi connectivity index (χ0v) is 28.8. The molecule has 0 bridgehead atoms. The van der Waals surface area contributed by atoms with Crippen molar-refractivity contribution < 1.29 is 0 Å². The number of hydrogen-bond acceptors (Lipinski definition) is 3. The lowest BCUT2D eigenvalue weighted by Gasteiger charge is -2.17. The van der Waals surface area contributed by atoms with Crippen LogP contribution in [-0.2, 0) is 0 Å². The van der Waals surface area contributed by atoms with Crippen molar-refractivity contribution in [3.05, 3.63) is 107 Å². The minimum atomic E-state index is 1.01. The molecule has 0 unspecified atom stereocenters. The molecule has 3 nitrogen and oxygen atoms in total. The number of nitrogens with zero attached hydrogens (tertiary/aromatic N) is 1. The zero-order chi connectivity index (χ0) is 31.9. The molecule has 2 rings (SSSR count). The Hall–Kier alpha value is -3.04. The van der Waals surface area contributed by atoms with E-state index in [0.717, 1.165) is 13.1 Å². The van der Waals surface area contributed by atoms with E-state index in [2.05, 4.69) is 126 Å². The summed E-state index contributed by atoms with van der Waals surface area (Å²) in [6, 6.07) is 13.3. The second-order valence-corrected chi connectivity index (χ2v) is 12.0. The van der Waals surface area contributed by atoms with E-state index in [0.29, 0.717) is 0 Å². The van der Waals surface area contributed by atoms with Gasteiger partial charge in [-0.15, -0.1) is 0 Å². The van der Waals surface area contributed by atoms with Gasteiger partial charge < -0.3 is 15.5 Å². The number of rotatable bonds is 20. The third-order valence-corrected chi connectivity index (χ3v) is 7.48. The molecular weight excluding hydrogens is 522 g/mol. The fraction of sp³-hybridized carbons (Fsp3) is 0.500. The molecule has 43 heavy (non-hydrogen) atoms. The van der Waals surface area contributed by atoms with Gasteiger partial charge in [0.15, 0.2) is 0 Å². The first kappa shape index (κ1) is 38.0. The molecule has 0 saturated carbocycles. The maximum Gasteiger partial charge on any atom is 0.0416 e. The van der Waals surface area contributed by atoms with E-state index in [-0.39, 0.29) is 0 Å². The number of aryl methyl sites for hydroxylation is 4. The zero-order valence-electron chi connectivity index (χ0n) is 28.8. The van der Waals surface area contributed by atoms with Gasteiger partial charge in [0.1, 0.15) is 0 Å². The van der Waals surface area contributed by atoms with E-state index in [1.54, 1.807) is 0 Å². The summed E-state index contributed by atoms with van der Waals surface area (Å²) < 4.78 is 0. The van der Waals surface area contributed by atoms with Crippen LogP contribution in [0.25, 0.3) is 11.4 Å². The smallest absolute Gasteiger partial charge is 0.0416 e. The fourth-order valence-electron chi connectivity index (χ4n) is 5.23. The normalized spacial score (nSPS) is 11.6. The molecule has 238 valence electrons. The Balaban J connectivity index is 0.00000295. The van der Waals surface area contributed by atoms with Crippen molar-refractivity contribution in [2.75, 3.05) is 33.2 Å². The van der Waals surface area contributed by atoms with E-state index >= 15 is 0 Å². The third-order valence-electron chi connectivity index (χ3n) is 7.48. The topological polar surface area (TPSA) is 27.3 Å². The van der Waals surface area contributed by atoms with Crippen LogP contribution in [0.4, 0.5) is 0 Å². The number of benzene rings is 2. The fourth-order valence-corrected chi connectivity index (χ4v) is 5.23. The molecule has 0 aliphatic rings. The average Bonchev–Trinajstić information content (AvgIpc) is 2.96. The van der Waals surface area contributed by atoms with Gasteiger partial charge in [0.05, 0.1) is 0 Å². The first-order valence-corrected chi connectivity index (χ1v) is 16.7. The Morgan fingerprint density at radius 3 is 1.35 bits per heavy atom. The van der Waals surface area contributed by atoms with Gasteiger partial charge in [0.2, 0.25) is 0 Å². The van der Waals surface area contributed by atoms with Gasteiger partial charge in [-0.25, -0.2) is 0 Å². The minimum absolute atomic E-state index is 1.01. The largest absolute Gasteiger partial charge is 0.385 e. The first-order chi connectivity index (χ1) is 20.8. The Morgan fingerprint density at radius 1 is 0.628 bits per heavy atom. The predicted molar refractivity (Wildman–Crippen MR) is 195 cm³/mol. The molecule has 2 N–H and O–H groups in total. The maximum absolute atomic E-state index is 3.90. The summed E-state index contributed by atoms with van der Waals surface area (Å²) in [5, 5.41) is 7.28. The standard InChI is InChI=1S/C37H55N3.C3H8/c1-8-18-36(34-22-20-30(3)28-32(34)5)38-24-14-10-12-16-26-40(7)27-17-13-11-15-25-39-37(19-9-2)35-23-21-31(4)29-33(35)6;1-3-2/h8-9,18-23,28-29,38-39H,1-2,10-17,24-27H2,3-7H3;3H2,1-2H3/b36-18+,37-19+;. The van der Waals surface area contributed by atoms with E-state index in [9.17, 15) is 0 Å². The van der Waals surface area contributed by atoms with Crippen molar-refractivity contribution in [3.63, 3.8) is 0 Å². The summed E-state index contributed by atoms with van der Waals surface area (Å²) in [6.45, 7) is 25.1. The Kier molecular flexibility index (Phi) is 20.7. The van der Waals surface area contributed by atoms with Crippen LogP contribution in [0.15, 0.2) is 73.9 Å². The first-order valence-electron chi connectivity index (χ1n) is 16.7. The number of unbranched alkanes of at least 4 members (excludes halogenated alkanes) is 6. The van der Waals surface area contributed by atoms with Gasteiger partial charge in [-0.1, -0.05) is 119 Å². The maximum atomic E-state index is 3.90. The van der Waals surface area contributed by atoms with E-state index in [4.69, 9.17) is 0 Å². The van der Waals surface area contributed by atoms with Crippen molar-refractivity contribution in [2.45, 2.75) is 99.3 Å². The SMILES string of the molecule is C=C/C=C(/NCCCCCCN(C)CCCCCCN/C(=C/C=C)c1ccc(C)cc1C)c1ccc(C)cc1C.CCC. The van der Waals surface area contributed by atoms with Gasteiger partial charge in [-0.3, -0.25) is 0 Å². The highest BCUT2D eigenvalue weighted by molar-refractivity contribution is 5.69. The number of hydrogen-bond donors (Lipinski definition) is 2. The van der Waals surface area contributed by atoms with Crippen LogP contribution in [0.3, 0.4) is 0 Å². The molecule has 0 aliphatic heterocycles. The summed E-state index contributed by atoms with van der Waals surface area (Å²) in [6.07, 6.45) is 19.3. The van der Waals surface area contributed by atoms with Crippen molar-refractivity contribution >= 4 is 11.4 Å². The van der Waals surface area contributed by atoms with Crippen LogP contribution in [-0.4, -0.2) is 38.1 Å². The Morgan fingerprint density at radius 2 is 1.00 bits per heavy atom. The molecule has 0 atom stereocenters. The van der Waals surface area contributed by atoms with Crippen molar-refractivity contribution in [1.82, 2.24) is 15.5 Å². The summed E-state index contributed by atoms with van der Waals surface area (Å²) in [4.78, 5) is 2.51. The second-order valence-electron chi connectivity index (χ2n) is 12.0. The van der Waals surface area contributed by atoms with Gasteiger partial charge in [-0.2, -0.15) is 0 Å². The Bertz CT molecular complexity index is 1040. The summed E-state index contributed by atoms with van der Waals surface area (Å²) in [5.74, 6) is 0.